The number of rotatable bonds is 4. The monoisotopic (exact) mass is 244 g/mol. The third-order valence-electron chi connectivity index (χ3n) is 3.50. The van der Waals surface area contributed by atoms with Crippen molar-refractivity contribution in [3.05, 3.63) is 34.9 Å². The normalized spacial score (nSPS) is 16.2. The van der Waals surface area contributed by atoms with Crippen molar-refractivity contribution in [3.8, 4) is 5.75 Å². The van der Waals surface area contributed by atoms with Gasteiger partial charge in [0.2, 0.25) is 0 Å². The Morgan fingerprint density at radius 3 is 2.67 bits per heavy atom. The van der Waals surface area contributed by atoms with Crippen LogP contribution in [-0.4, -0.2) is 5.60 Å². The van der Waals surface area contributed by atoms with Crippen molar-refractivity contribution in [1.29, 1.82) is 0 Å². The van der Waals surface area contributed by atoms with Gasteiger partial charge in [0.05, 0.1) is 0 Å². The van der Waals surface area contributed by atoms with Gasteiger partial charge in [0, 0.05) is 5.56 Å². The van der Waals surface area contributed by atoms with Gasteiger partial charge in [-0.2, -0.15) is 0 Å². The standard InChI is InChI=1S/C17H24O/c1-5-6-7-8-14-11-13(2)15-9-10-17(3,4)18-16(15)12-14/h9-12H,5-8H2,1-4H3. The molecule has 1 aromatic carbocycles. The molecule has 0 radical (unpaired) electrons. The molecule has 1 nitrogen and oxygen atoms in total. The van der Waals surface area contributed by atoms with E-state index >= 15 is 0 Å². The minimum absolute atomic E-state index is 0.179. The molecule has 0 saturated heterocycles. The molecule has 1 aromatic rings. The average molecular weight is 244 g/mol. The summed E-state index contributed by atoms with van der Waals surface area (Å²) in [5, 5.41) is 0. The Bertz CT molecular complexity index is 455. The molecule has 0 bridgehead atoms. The van der Waals surface area contributed by atoms with Gasteiger partial charge in [-0.05, 0) is 56.9 Å². The minimum atomic E-state index is -0.179. The van der Waals surface area contributed by atoms with E-state index in [1.165, 1.54) is 36.0 Å². The van der Waals surface area contributed by atoms with Gasteiger partial charge in [-0.1, -0.05) is 31.9 Å². The molecule has 1 heterocycles. The third kappa shape index (κ3) is 2.95. The number of ether oxygens (including phenoxy) is 1. The first-order chi connectivity index (χ1) is 8.52. The molecule has 0 saturated carbocycles. The lowest BCUT2D eigenvalue weighted by Gasteiger charge is -2.29. The van der Waals surface area contributed by atoms with E-state index in [0.717, 1.165) is 12.2 Å². The fourth-order valence-electron chi connectivity index (χ4n) is 2.46. The maximum atomic E-state index is 6.06. The van der Waals surface area contributed by atoms with Crippen molar-refractivity contribution in [1.82, 2.24) is 0 Å². The van der Waals surface area contributed by atoms with E-state index in [2.05, 4.69) is 52.0 Å². The molecule has 1 aliphatic rings. The van der Waals surface area contributed by atoms with E-state index in [9.17, 15) is 0 Å². The highest BCUT2D eigenvalue weighted by Gasteiger charge is 2.22. The van der Waals surface area contributed by atoms with Gasteiger partial charge in [0.15, 0.2) is 0 Å². The first kappa shape index (κ1) is 13.2. The second-order valence-electron chi connectivity index (χ2n) is 5.82. The highest BCUT2D eigenvalue weighted by atomic mass is 16.5. The summed E-state index contributed by atoms with van der Waals surface area (Å²) < 4.78 is 6.06. The van der Waals surface area contributed by atoms with Crippen molar-refractivity contribution in [2.45, 2.75) is 59.0 Å². The molecule has 2 rings (SSSR count). The Labute approximate surface area is 111 Å². The summed E-state index contributed by atoms with van der Waals surface area (Å²) in [6.45, 7) is 8.62. The summed E-state index contributed by atoms with van der Waals surface area (Å²) >= 11 is 0. The number of hydrogen-bond donors (Lipinski definition) is 0. The number of aryl methyl sites for hydroxylation is 2. The highest BCUT2D eigenvalue weighted by Crippen LogP contribution is 2.34. The van der Waals surface area contributed by atoms with Gasteiger partial charge in [0.1, 0.15) is 11.4 Å². The molecule has 18 heavy (non-hydrogen) atoms. The highest BCUT2D eigenvalue weighted by molar-refractivity contribution is 5.65. The second kappa shape index (κ2) is 5.17. The lowest BCUT2D eigenvalue weighted by atomic mass is 9.95. The number of hydrogen-bond acceptors (Lipinski definition) is 1. The Morgan fingerprint density at radius 2 is 1.94 bits per heavy atom. The molecule has 0 amide bonds. The lowest BCUT2D eigenvalue weighted by molar-refractivity contribution is 0.158. The Hall–Kier alpha value is -1.24. The number of benzene rings is 1. The third-order valence-corrected chi connectivity index (χ3v) is 3.50. The number of unbranched alkanes of at least 4 members (excludes halogenated alkanes) is 2. The zero-order valence-electron chi connectivity index (χ0n) is 12.0. The average Bonchev–Trinajstić information content (AvgIpc) is 2.27. The van der Waals surface area contributed by atoms with Crippen LogP contribution in [0.25, 0.3) is 6.08 Å². The van der Waals surface area contributed by atoms with E-state index in [1.54, 1.807) is 0 Å². The molecule has 0 atom stereocenters. The Kier molecular flexibility index (Phi) is 3.79. The van der Waals surface area contributed by atoms with Gasteiger partial charge in [0.25, 0.3) is 0 Å². The second-order valence-corrected chi connectivity index (χ2v) is 5.82. The summed E-state index contributed by atoms with van der Waals surface area (Å²) in [5.74, 6) is 1.05. The van der Waals surface area contributed by atoms with Crippen LogP contribution in [0, 0.1) is 6.92 Å². The minimum Gasteiger partial charge on any atom is -0.483 e. The zero-order chi connectivity index (χ0) is 13.2. The van der Waals surface area contributed by atoms with Crippen LogP contribution >= 0.6 is 0 Å². The molecule has 0 unspecified atom stereocenters. The van der Waals surface area contributed by atoms with Crippen molar-refractivity contribution in [3.63, 3.8) is 0 Å². The van der Waals surface area contributed by atoms with Gasteiger partial charge < -0.3 is 4.74 Å². The summed E-state index contributed by atoms with van der Waals surface area (Å²) in [6.07, 6.45) is 9.35. The van der Waals surface area contributed by atoms with Gasteiger partial charge in [-0.15, -0.1) is 0 Å². The van der Waals surface area contributed by atoms with Crippen molar-refractivity contribution in [2.75, 3.05) is 0 Å². The fraction of sp³-hybridized carbons (Fsp3) is 0.529. The van der Waals surface area contributed by atoms with Crippen LogP contribution in [0.15, 0.2) is 18.2 Å². The van der Waals surface area contributed by atoms with Crippen LogP contribution in [0.5, 0.6) is 5.75 Å². The van der Waals surface area contributed by atoms with Crippen LogP contribution in [-0.2, 0) is 6.42 Å². The maximum absolute atomic E-state index is 6.06. The summed E-state index contributed by atoms with van der Waals surface area (Å²) in [7, 11) is 0. The molecule has 1 aliphatic heterocycles. The first-order valence-electron chi connectivity index (χ1n) is 7.03. The van der Waals surface area contributed by atoms with Crippen molar-refractivity contribution in [2.24, 2.45) is 0 Å². The van der Waals surface area contributed by atoms with E-state index in [4.69, 9.17) is 4.74 Å². The first-order valence-corrected chi connectivity index (χ1v) is 7.03. The fourth-order valence-corrected chi connectivity index (χ4v) is 2.46. The summed E-state index contributed by atoms with van der Waals surface area (Å²) in [6, 6.07) is 4.53. The quantitative estimate of drug-likeness (QED) is 0.684. The summed E-state index contributed by atoms with van der Waals surface area (Å²) in [5.41, 5.74) is 3.80. The van der Waals surface area contributed by atoms with Gasteiger partial charge in [-0.25, -0.2) is 0 Å². The molecular weight excluding hydrogens is 220 g/mol. The summed E-state index contributed by atoms with van der Waals surface area (Å²) in [4.78, 5) is 0. The largest absolute Gasteiger partial charge is 0.483 e. The zero-order valence-corrected chi connectivity index (χ0v) is 12.0. The Balaban J connectivity index is 2.23. The van der Waals surface area contributed by atoms with Crippen LogP contribution in [0.3, 0.4) is 0 Å². The van der Waals surface area contributed by atoms with Crippen molar-refractivity contribution >= 4 is 6.08 Å². The predicted molar refractivity (Wildman–Crippen MR) is 78.1 cm³/mol. The smallest absolute Gasteiger partial charge is 0.128 e. The van der Waals surface area contributed by atoms with Gasteiger partial charge >= 0.3 is 0 Å². The van der Waals surface area contributed by atoms with Crippen LogP contribution < -0.4 is 4.74 Å². The topological polar surface area (TPSA) is 9.23 Å². The molecule has 98 valence electrons. The van der Waals surface area contributed by atoms with Crippen molar-refractivity contribution < 1.29 is 4.74 Å². The van der Waals surface area contributed by atoms with Crippen LogP contribution in [0.4, 0.5) is 0 Å². The molecule has 1 heteroatoms. The van der Waals surface area contributed by atoms with E-state index < -0.39 is 0 Å². The molecule has 0 N–H and O–H groups in total. The van der Waals surface area contributed by atoms with Gasteiger partial charge in [-0.3, -0.25) is 0 Å². The predicted octanol–water partition coefficient (Wildman–Crippen LogP) is 4.91. The molecule has 0 spiro atoms. The SMILES string of the molecule is CCCCCc1cc(C)c2c(c1)OC(C)(C)C=C2. The Morgan fingerprint density at radius 1 is 1.17 bits per heavy atom. The number of fused-ring (bicyclic) bond motifs is 1. The molecule has 0 aliphatic carbocycles. The lowest BCUT2D eigenvalue weighted by Crippen LogP contribution is -2.27. The molecule has 0 aromatic heterocycles. The molecule has 0 fully saturated rings. The van der Waals surface area contributed by atoms with E-state index in [-0.39, 0.29) is 5.60 Å². The van der Waals surface area contributed by atoms with E-state index in [0.29, 0.717) is 0 Å². The van der Waals surface area contributed by atoms with E-state index in [1.807, 2.05) is 0 Å². The maximum Gasteiger partial charge on any atom is 0.128 e. The van der Waals surface area contributed by atoms with Crippen LogP contribution in [0.2, 0.25) is 0 Å². The van der Waals surface area contributed by atoms with Crippen LogP contribution in [0.1, 0.15) is 56.7 Å². The molecular formula is C17H24O.